The molecule has 1 aliphatic rings. The van der Waals surface area contributed by atoms with E-state index < -0.39 is 0 Å². The van der Waals surface area contributed by atoms with Gasteiger partial charge in [0, 0.05) is 37.2 Å². The Kier molecular flexibility index (Phi) is 6.46. The fourth-order valence-electron chi connectivity index (χ4n) is 3.32. The Morgan fingerprint density at radius 2 is 2.16 bits per heavy atom. The average molecular weight is 433 g/mol. The molecule has 0 spiro atoms. The summed E-state index contributed by atoms with van der Waals surface area (Å²) in [4.78, 5) is 27.4. The minimum absolute atomic E-state index is 0.0860. The lowest BCUT2D eigenvalue weighted by Crippen LogP contribution is -2.39. The molecule has 0 bridgehead atoms. The van der Waals surface area contributed by atoms with E-state index in [4.69, 9.17) is 14.7 Å². The molecule has 0 radical (unpaired) electrons. The third kappa shape index (κ3) is 5.13. The molecule has 1 amide bonds. The van der Waals surface area contributed by atoms with Crippen LogP contribution in [0, 0.1) is 18.3 Å². The van der Waals surface area contributed by atoms with Gasteiger partial charge in [-0.3, -0.25) is 9.36 Å². The zero-order valence-corrected chi connectivity index (χ0v) is 17.7. The van der Waals surface area contributed by atoms with Gasteiger partial charge in [0.05, 0.1) is 19.0 Å². The molecular formula is C22H23N7O3. The van der Waals surface area contributed by atoms with Crippen molar-refractivity contribution in [2.75, 3.05) is 31.3 Å². The molecule has 0 unspecified atom stereocenters. The Morgan fingerprint density at radius 1 is 1.28 bits per heavy atom. The summed E-state index contributed by atoms with van der Waals surface area (Å²) < 4.78 is 12.4. The quantitative estimate of drug-likeness (QED) is 0.543. The summed E-state index contributed by atoms with van der Waals surface area (Å²) in [5.41, 5.74) is 1.80. The fraction of sp³-hybridized carbons (Fsp3) is 0.318. The number of hydrogen-bond donors (Lipinski definition) is 1. The van der Waals surface area contributed by atoms with E-state index in [1.807, 2.05) is 25.1 Å². The van der Waals surface area contributed by atoms with Gasteiger partial charge in [0.25, 0.3) is 0 Å². The SMILES string of the molecule is Cc1cc(N(CCC#N)CC(=O)NCCc2ccc3c(c2)OCO3)nc(-n2ccnc2)n1. The van der Waals surface area contributed by atoms with E-state index in [0.717, 1.165) is 22.8 Å². The Balaban J connectivity index is 1.39. The minimum atomic E-state index is -0.149. The molecular weight excluding hydrogens is 410 g/mol. The van der Waals surface area contributed by atoms with E-state index in [9.17, 15) is 4.79 Å². The zero-order valence-electron chi connectivity index (χ0n) is 17.7. The van der Waals surface area contributed by atoms with Gasteiger partial charge in [0.15, 0.2) is 11.5 Å². The van der Waals surface area contributed by atoms with Crippen LogP contribution in [0.2, 0.25) is 0 Å². The van der Waals surface area contributed by atoms with Crippen LogP contribution in [-0.4, -0.2) is 51.9 Å². The van der Waals surface area contributed by atoms with Gasteiger partial charge in [-0.25, -0.2) is 9.97 Å². The van der Waals surface area contributed by atoms with Crippen LogP contribution < -0.4 is 19.7 Å². The van der Waals surface area contributed by atoms with E-state index in [1.54, 1.807) is 34.3 Å². The summed E-state index contributed by atoms with van der Waals surface area (Å²) in [7, 11) is 0. The number of carbonyl (C=O) groups excluding carboxylic acids is 1. The van der Waals surface area contributed by atoms with Crippen LogP contribution in [0.25, 0.3) is 5.95 Å². The molecule has 164 valence electrons. The van der Waals surface area contributed by atoms with E-state index in [0.29, 0.717) is 31.3 Å². The van der Waals surface area contributed by atoms with Gasteiger partial charge in [0.2, 0.25) is 18.6 Å². The summed E-state index contributed by atoms with van der Waals surface area (Å²) in [5.74, 6) is 2.36. The minimum Gasteiger partial charge on any atom is -0.454 e. The van der Waals surface area contributed by atoms with Crippen molar-refractivity contribution in [2.45, 2.75) is 19.8 Å². The first-order valence-corrected chi connectivity index (χ1v) is 10.2. The number of anilines is 1. The van der Waals surface area contributed by atoms with Gasteiger partial charge in [-0.2, -0.15) is 10.2 Å². The molecule has 1 aliphatic heterocycles. The summed E-state index contributed by atoms with van der Waals surface area (Å²) in [6.45, 7) is 3.04. The van der Waals surface area contributed by atoms with Crippen molar-refractivity contribution in [1.82, 2.24) is 24.8 Å². The molecule has 32 heavy (non-hydrogen) atoms. The van der Waals surface area contributed by atoms with Crippen LogP contribution in [0.1, 0.15) is 17.7 Å². The topological polar surface area (TPSA) is 118 Å². The number of aromatic nitrogens is 4. The molecule has 10 nitrogen and oxygen atoms in total. The number of nitrogens with zero attached hydrogens (tertiary/aromatic N) is 6. The van der Waals surface area contributed by atoms with Gasteiger partial charge >= 0.3 is 0 Å². The first-order valence-electron chi connectivity index (χ1n) is 10.2. The molecule has 1 aromatic carbocycles. The highest BCUT2D eigenvalue weighted by molar-refractivity contribution is 5.81. The molecule has 2 aromatic heterocycles. The van der Waals surface area contributed by atoms with Crippen LogP contribution in [0.15, 0.2) is 43.0 Å². The van der Waals surface area contributed by atoms with Crippen LogP contribution in [0.4, 0.5) is 5.82 Å². The number of rotatable bonds is 9. The molecule has 0 atom stereocenters. The number of aryl methyl sites for hydroxylation is 1. The van der Waals surface area contributed by atoms with Crippen LogP contribution in [0.5, 0.6) is 11.5 Å². The Labute approximate surface area is 185 Å². The molecule has 1 N–H and O–H groups in total. The van der Waals surface area contributed by atoms with E-state index in [2.05, 4.69) is 26.3 Å². The maximum absolute atomic E-state index is 12.6. The maximum Gasteiger partial charge on any atom is 0.239 e. The third-order valence-corrected chi connectivity index (χ3v) is 4.89. The smallest absolute Gasteiger partial charge is 0.239 e. The van der Waals surface area contributed by atoms with Gasteiger partial charge in [-0.1, -0.05) is 6.07 Å². The van der Waals surface area contributed by atoms with E-state index >= 15 is 0 Å². The molecule has 10 heteroatoms. The monoisotopic (exact) mass is 433 g/mol. The second kappa shape index (κ2) is 9.78. The van der Waals surface area contributed by atoms with Gasteiger partial charge in [0.1, 0.15) is 12.1 Å². The van der Waals surface area contributed by atoms with Crippen LogP contribution >= 0.6 is 0 Å². The molecule has 3 heterocycles. The van der Waals surface area contributed by atoms with Gasteiger partial charge in [-0.15, -0.1) is 0 Å². The summed E-state index contributed by atoms with van der Waals surface area (Å²) in [5, 5.41) is 12.0. The van der Waals surface area contributed by atoms with Crippen LogP contribution in [0.3, 0.4) is 0 Å². The summed E-state index contributed by atoms with van der Waals surface area (Å²) in [6.07, 6.45) is 5.94. The van der Waals surface area contributed by atoms with E-state index in [-0.39, 0.29) is 25.7 Å². The molecule has 0 saturated heterocycles. The summed E-state index contributed by atoms with van der Waals surface area (Å²) in [6, 6.07) is 9.69. The molecule has 3 aromatic rings. The molecule has 0 saturated carbocycles. The first kappa shape index (κ1) is 21.1. The highest BCUT2D eigenvalue weighted by Gasteiger charge is 2.16. The maximum atomic E-state index is 12.6. The number of carbonyl (C=O) groups is 1. The average Bonchev–Trinajstić information content (AvgIpc) is 3.48. The largest absolute Gasteiger partial charge is 0.454 e. The van der Waals surface area contributed by atoms with Crippen molar-refractivity contribution >= 4 is 11.7 Å². The Hall–Kier alpha value is -4.13. The number of amides is 1. The number of benzene rings is 1. The number of imidazole rings is 1. The first-order chi connectivity index (χ1) is 15.6. The van der Waals surface area contributed by atoms with Crippen molar-refractivity contribution in [3.05, 3.63) is 54.2 Å². The van der Waals surface area contributed by atoms with Crippen molar-refractivity contribution in [3.8, 4) is 23.5 Å². The predicted molar refractivity (Wildman–Crippen MR) is 116 cm³/mol. The van der Waals surface area contributed by atoms with Crippen molar-refractivity contribution in [1.29, 1.82) is 5.26 Å². The fourth-order valence-corrected chi connectivity index (χ4v) is 3.32. The molecule has 0 fully saturated rings. The van der Waals surface area contributed by atoms with Crippen molar-refractivity contribution < 1.29 is 14.3 Å². The van der Waals surface area contributed by atoms with E-state index in [1.165, 1.54) is 0 Å². The Morgan fingerprint density at radius 3 is 2.97 bits per heavy atom. The van der Waals surface area contributed by atoms with Crippen molar-refractivity contribution in [3.63, 3.8) is 0 Å². The highest BCUT2D eigenvalue weighted by atomic mass is 16.7. The standard InChI is InChI=1S/C22H23N7O3/c1-16-11-20(27-22(26-16)29-10-8-24-14-29)28(9-2-6-23)13-21(30)25-7-5-17-3-4-18-19(12-17)32-15-31-18/h3-4,8,10-12,14H,2,5,7,9,13,15H2,1H3,(H,25,30). The van der Waals surface area contributed by atoms with Crippen LogP contribution in [-0.2, 0) is 11.2 Å². The molecule has 0 aliphatic carbocycles. The highest BCUT2D eigenvalue weighted by Crippen LogP contribution is 2.32. The van der Waals surface area contributed by atoms with Gasteiger partial charge in [-0.05, 0) is 31.0 Å². The molecule has 4 rings (SSSR count). The lowest BCUT2D eigenvalue weighted by Gasteiger charge is -2.23. The third-order valence-electron chi connectivity index (χ3n) is 4.89. The number of nitrogens with one attached hydrogen (secondary N) is 1. The predicted octanol–water partition coefficient (Wildman–Crippen LogP) is 1.78. The number of fused-ring (bicyclic) bond motifs is 1. The normalized spacial score (nSPS) is 11.8. The lowest BCUT2D eigenvalue weighted by atomic mass is 10.1. The van der Waals surface area contributed by atoms with Gasteiger partial charge < -0.3 is 19.7 Å². The van der Waals surface area contributed by atoms with Crippen molar-refractivity contribution in [2.24, 2.45) is 0 Å². The zero-order chi connectivity index (χ0) is 22.3. The Bertz CT molecular complexity index is 1130. The second-order valence-electron chi connectivity index (χ2n) is 7.25. The number of hydrogen-bond acceptors (Lipinski definition) is 8. The number of ether oxygens (including phenoxy) is 2. The second-order valence-corrected chi connectivity index (χ2v) is 7.25. The lowest BCUT2D eigenvalue weighted by molar-refractivity contribution is -0.119. The summed E-state index contributed by atoms with van der Waals surface area (Å²) >= 11 is 0. The number of nitriles is 1.